The zero-order valence-electron chi connectivity index (χ0n) is 13.9. The van der Waals surface area contributed by atoms with Crippen LogP contribution >= 0.6 is 12.4 Å². The SMILES string of the molecule is Cl.O=C(C1CCCNC1)N1CCN(S(=O)(=O)N2CCOCC2)CC1. The van der Waals surface area contributed by atoms with E-state index in [1.54, 1.807) is 0 Å². The van der Waals surface area contributed by atoms with Crippen LogP contribution in [0, 0.1) is 5.92 Å². The fourth-order valence-corrected chi connectivity index (χ4v) is 4.96. The van der Waals surface area contributed by atoms with Crippen LogP contribution < -0.4 is 5.32 Å². The zero-order valence-corrected chi connectivity index (χ0v) is 15.5. The van der Waals surface area contributed by atoms with Crippen LogP contribution in [0.4, 0.5) is 0 Å². The maximum Gasteiger partial charge on any atom is 0.282 e. The van der Waals surface area contributed by atoms with Gasteiger partial charge in [-0.2, -0.15) is 17.0 Å². The third-order valence-electron chi connectivity index (χ3n) is 4.82. The minimum Gasteiger partial charge on any atom is -0.379 e. The summed E-state index contributed by atoms with van der Waals surface area (Å²) in [7, 11) is -3.42. The van der Waals surface area contributed by atoms with Gasteiger partial charge in [0.25, 0.3) is 10.2 Å². The van der Waals surface area contributed by atoms with Gasteiger partial charge < -0.3 is 15.0 Å². The van der Waals surface area contributed by atoms with Crippen molar-refractivity contribution in [1.29, 1.82) is 0 Å². The zero-order chi connectivity index (χ0) is 16.3. The van der Waals surface area contributed by atoms with Crippen molar-refractivity contribution >= 4 is 28.5 Å². The largest absolute Gasteiger partial charge is 0.379 e. The van der Waals surface area contributed by atoms with Gasteiger partial charge in [-0.05, 0) is 19.4 Å². The predicted octanol–water partition coefficient (Wildman–Crippen LogP) is -0.871. The fraction of sp³-hybridized carbons (Fsp3) is 0.929. The molecule has 3 rings (SSSR count). The van der Waals surface area contributed by atoms with E-state index in [0.717, 1.165) is 25.9 Å². The summed E-state index contributed by atoms with van der Waals surface area (Å²) < 4.78 is 33.4. The highest BCUT2D eigenvalue weighted by Crippen LogP contribution is 2.18. The van der Waals surface area contributed by atoms with Crippen LogP contribution in [-0.2, 0) is 19.7 Å². The summed E-state index contributed by atoms with van der Waals surface area (Å²) in [4.78, 5) is 14.3. The number of carbonyl (C=O) groups excluding carboxylic acids is 1. The van der Waals surface area contributed by atoms with E-state index in [2.05, 4.69) is 5.32 Å². The summed E-state index contributed by atoms with van der Waals surface area (Å²) in [5.74, 6) is 0.215. The number of piperidine rings is 1. The average Bonchev–Trinajstić information content (AvgIpc) is 2.63. The number of hydrogen-bond donors (Lipinski definition) is 1. The first kappa shape index (κ1) is 19.9. The first-order chi connectivity index (χ1) is 11.1. The van der Waals surface area contributed by atoms with Gasteiger partial charge in [0.05, 0.1) is 19.1 Å². The molecule has 1 unspecified atom stereocenters. The Morgan fingerprint density at radius 2 is 1.62 bits per heavy atom. The van der Waals surface area contributed by atoms with E-state index in [1.165, 1.54) is 8.61 Å². The summed E-state index contributed by atoms with van der Waals surface area (Å²) >= 11 is 0. The molecule has 3 fully saturated rings. The number of nitrogens with zero attached hydrogens (tertiary/aromatic N) is 3. The van der Waals surface area contributed by atoms with Gasteiger partial charge in [-0.1, -0.05) is 0 Å². The molecule has 3 saturated heterocycles. The number of amides is 1. The molecule has 140 valence electrons. The maximum atomic E-state index is 12.6. The van der Waals surface area contributed by atoms with Crippen LogP contribution in [0.3, 0.4) is 0 Å². The third kappa shape index (κ3) is 4.39. The minimum absolute atomic E-state index is 0. The van der Waals surface area contributed by atoms with Gasteiger partial charge in [0.1, 0.15) is 0 Å². The highest BCUT2D eigenvalue weighted by Gasteiger charge is 2.35. The van der Waals surface area contributed by atoms with Crippen molar-refractivity contribution in [3.8, 4) is 0 Å². The molecular formula is C14H27ClN4O4S. The lowest BCUT2D eigenvalue weighted by molar-refractivity contribution is -0.137. The Hall–Kier alpha value is -0.450. The number of rotatable bonds is 3. The molecule has 24 heavy (non-hydrogen) atoms. The molecule has 0 aromatic carbocycles. The van der Waals surface area contributed by atoms with Gasteiger partial charge in [-0.3, -0.25) is 4.79 Å². The molecular weight excluding hydrogens is 356 g/mol. The van der Waals surface area contributed by atoms with Crippen molar-refractivity contribution < 1.29 is 17.9 Å². The maximum absolute atomic E-state index is 12.6. The molecule has 3 aliphatic rings. The van der Waals surface area contributed by atoms with Crippen molar-refractivity contribution in [1.82, 2.24) is 18.8 Å². The van der Waals surface area contributed by atoms with Crippen molar-refractivity contribution in [2.45, 2.75) is 12.8 Å². The minimum atomic E-state index is -3.42. The smallest absolute Gasteiger partial charge is 0.282 e. The number of morpholine rings is 1. The van der Waals surface area contributed by atoms with Crippen LogP contribution in [0.15, 0.2) is 0 Å². The highest BCUT2D eigenvalue weighted by molar-refractivity contribution is 7.86. The van der Waals surface area contributed by atoms with E-state index in [-0.39, 0.29) is 24.2 Å². The number of piperazine rings is 1. The molecule has 0 bridgehead atoms. The Bertz CT molecular complexity index is 513. The van der Waals surface area contributed by atoms with Crippen LogP contribution in [0.2, 0.25) is 0 Å². The molecule has 0 aromatic rings. The molecule has 10 heteroatoms. The molecule has 0 saturated carbocycles. The highest BCUT2D eigenvalue weighted by atomic mass is 35.5. The van der Waals surface area contributed by atoms with E-state index < -0.39 is 10.2 Å². The molecule has 1 amide bonds. The molecule has 0 aliphatic carbocycles. The molecule has 1 N–H and O–H groups in total. The Labute approximate surface area is 150 Å². The first-order valence-corrected chi connectivity index (χ1v) is 9.81. The van der Waals surface area contributed by atoms with E-state index in [0.29, 0.717) is 52.5 Å². The number of nitrogens with one attached hydrogen (secondary N) is 1. The van der Waals surface area contributed by atoms with Gasteiger partial charge in [-0.25, -0.2) is 0 Å². The summed E-state index contributed by atoms with van der Waals surface area (Å²) in [6.07, 6.45) is 1.96. The van der Waals surface area contributed by atoms with Crippen LogP contribution in [0.1, 0.15) is 12.8 Å². The number of hydrogen-bond acceptors (Lipinski definition) is 5. The summed E-state index contributed by atoms with van der Waals surface area (Å²) in [5, 5.41) is 3.26. The summed E-state index contributed by atoms with van der Waals surface area (Å²) in [6, 6.07) is 0. The molecule has 3 aliphatic heterocycles. The second kappa shape index (κ2) is 8.77. The Kier molecular flexibility index (Phi) is 7.26. The van der Waals surface area contributed by atoms with Crippen LogP contribution in [-0.4, -0.2) is 93.4 Å². The Morgan fingerprint density at radius 3 is 2.21 bits per heavy atom. The van der Waals surface area contributed by atoms with Gasteiger partial charge in [-0.15, -0.1) is 12.4 Å². The van der Waals surface area contributed by atoms with E-state index in [9.17, 15) is 13.2 Å². The van der Waals surface area contributed by atoms with Gasteiger partial charge in [0, 0.05) is 45.8 Å². The average molecular weight is 383 g/mol. The van der Waals surface area contributed by atoms with Gasteiger partial charge in [0.2, 0.25) is 5.91 Å². The Balaban J connectivity index is 0.00000208. The number of halogens is 1. The van der Waals surface area contributed by atoms with Crippen molar-refractivity contribution in [2.75, 3.05) is 65.6 Å². The summed E-state index contributed by atoms with van der Waals surface area (Å²) in [5.41, 5.74) is 0. The second-order valence-corrected chi connectivity index (χ2v) is 8.22. The third-order valence-corrected chi connectivity index (χ3v) is 6.85. The molecule has 8 nitrogen and oxygen atoms in total. The van der Waals surface area contributed by atoms with Crippen molar-refractivity contribution in [3.63, 3.8) is 0 Å². The summed E-state index contributed by atoms with van der Waals surface area (Å²) in [6.45, 7) is 5.18. The van der Waals surface area contributed by atoms with Crippen molar-refractivity contribution in [2.24, 2.45) is 5.92 Å². The van der Waals surface area contributed by atoms with Gasteiger partial charge in [0.15, 0.2) is 0 Å². The van der Waals surface area contributed by atoms with Crippen LogP contribution in [0.25, 0.3) is 0 Å². The topological polar surface area (TPSA) is 82.2 Å². The first-order valence-electron chi connectivity index (χ1n) is 8.41. The fourth-order valence-electron chi connectivity index (χ4n) is 3.40. The van der Waals surface area contributed by atoms with E-state index in [4.69, 9.17) is 4.74 Å². The van der Waals surface area contributed by atoms with Crippen LogP contribution in [0.5, 0.6) is 0 Å². The predicted molar refractivity (Wildman–Crippen MR) is 92.3 cm³/mol. The molecule has 0 aromatic heterocycles. The molecule has 0 radical (unpaired) electrons. The quantitative estimate of drug-likeness (QED) is 0.686. The second-order valence-electron chi connectivity index (χ2n) is 6.29. The van der Waals surface area contributed by atoms with E-state index >= 15 is 0 Å². The monoisotopic (exact) mass is 382 g/mol. The lowest BCUT2D eigenvalue weighted by Gasteiger charge is -2.39. The van der Waals surface area contributed by atoms with Gasteiger partial charge >= 0.3 is 0 Å². The Morgan fingerprint density at radius 1 is 1.00 bits per heavy atom. The van der Waals surface area contributed by atoms with E-state index in [1.807, 2.05) is 4.90 Å². The lowest BCUT2D eigenvalue weighted by atomic mass is 9.98. The number of carbonyl (C=O) groups is 1. The molecule has 1 atom stereocenters. The van der Waals surface area contributed by atoms with Crippen molar-refractivity contribution in [3.05, 3.63) is 0 Å². The normalized spacial score (nSPS) is 27.5. The standard InChI is InChI=1S/C14H26N4O4S.ClH/c19-14(13-2-1-3-15-12-13)16-4-6-17(7-5-16)23(20,21)18-8-10-22-11-9-18;/h13,15H,1-12H2;1H. The molecule has 0 spiro atoms. The lowest BCUT2D eigenvalue weighted by Crippen LogP contribution is -2.57. The number of ether oxygens (including phenoxy) is 1. The molecule has 3 heterocycles.